The molecular formula is C12H16ClNO3. The van der Waals surface area contributed by atoms with E-state index in [9.17, 15) is 4.79 Å². The van der Waals surface area contributed by atoms with Gasteiger partial charge < -0.3 is 15.6 Å². The molecular weight excluding hydrogens is 242 g/mol. The molecule has 5 heteroatoms. The van der Waals surface area contributed by atoms with Crippen molar-refractivity contribution in [1.29, 1.82) is 0 Å². The molecule has 0 fully saturated rings. The Morgan fingerprint density at radius 2 is 2.06 bits per heavy atom. The molecule has 1 atom stereocenters. The van der Waals surface area contributed by atoms with Gasteiger partial charge in [-0.2, -0.15) is 0 Å². The Morgan fingerprint density at radius 1 is 1.47 bits per heavy atom. The molecule has 1 unspecified atom stereocenters. The number of nitrogens with two attached hydrogens (primary N) is 1. The molecule has 0 spiro atoms. The number of ether oxygens (including phenoxy) is 1. The second-order valence-corrected chi connectivity index (χ2v) is 4.50. The molecule has 17 heavy (non-hydrogen) atoms. The van der Waals surface area contributed by atoms with E-state index in [-0.39, 0.29) is 5.92 Å². The molecule has 0 aliphatic rings. The summed E-state index contributed by atoms with van der Waals surface area (Å²) in [5.41, 5.74) is 6.95. The average molecular weight is 258 g/mol. The van der Waals surface area contributed by atoms with Crippen molar-refractivity contribution >= 4 is 17.6 Å². The van der Waals surface area contributed by atoms with Gasteiger partial charge in [-0.3, -0.25) is 4.79 Å². The quantitative estimate of drug-likeness (QED) is 0.870. The zero-order valence-electron chi connectivity index (χ0n) is 10.0. The fourth-order valence-electron chi connectivity index (χ4n) is 1.55. The molecule has 0 aliphatic heterocycles. The first-order valence-corrected chi connectivity index (χ1v) is 5.62. The Kier molecular flexibility index (Phi) is 4.37. The molecule has 1 aromatic rings. The van der Waals surface area contributed by atoms with Crippen LogP contribution < -0.4 is 10.5 Å². The highest BCUT2D eigenvalue weighted by Gasteiger charge is 2.22. The predicted molar refractivity (Wildman–Crippen MR) is 66.7 cm³/mol. The number of aliphatic carboxylic acids is 1. The summed E-state index contributed by atoms with van der Waals surface area (Å²) in [6.07, 6.45) is 0. The minimum absolute atomic E-state index is 0.234. The number of carbonyl (C=O) groups is 1. The first-order valence-electron chi connectivity index (χ1n) is 5.24. The van der Waals surface area contributed by atoms with Crippen molar-refractivity contribution in [3.8, 4) is 5.75 Å². The molecule has 0 amide bonds. The van der Waals surface area contributed by atoms with Gasteiger partial charge in [-0.1, -0.05) is 25.4 Å². The van der Waals surface area contributed by atoms with E-state index in [2.05, 4.69) is 0 Å². The third-order valence-electron chi connectivity index (χ3n) is 2.57. The third-order valence-corrected chi connectivity index (χ3v) is 2.85. The van der Waals surface area contributed by atoms with E-state index in [1.54, 1.807) is 12.1 Å². The zero-order chi connectivity index (χ0) is 13.2. The second kappa shape index (κ2) is 5.38. The normalized spacial score (nSPS) is 12.6. The van der Waals surface area contributed by atoms with Crippen LogP contribution in [0, 0.1) is 0 Å². The number of benzene rings is 1. The first-order chi connectivity index (χ1) is 7.88. The summed E-state index contributed by atoms with van der Waals surface area (Å²) in [6, 6.07) is 2.36. The maximum atomic E-state index is 10.9. The molecule has 0 bridgehead atoms. The molecule has 1 aromatic carbocycles. The van der Waals surface area contributed by atoms with Crippen LogP contribution >= 0.6 is 11.6 Å². The number of methoxy groups -OCH3 is 1. The van der Waals surface area contributed by atoms with Gasteiger partial charge in [0.05, 0.1) is 12.1 Å². The lowest BCUT2D eigenvalue weighted by Crippen LogP contribution is -2.21. The first kappa shape index (κ1) is 13.8. The summed E-state index contributed by atoms with van der Waals surface area (Å²) in [5.74, 6) is -0.551. The Morgan fingerprint density at radius 3 is 2.47 bits per heavy atom. The van der Waals surface area contributed by atoms with Crippen molar-refractivity contribution in [2.24, 2.45) is 5.73 Å². The molecule has 0 heterocycles. The number of rotatable bonds is 4. The molecule has 0 saturated carbocycles. The van der Waals surface area contributed by atoms with Crippen LogP contribution in [0.4, 0.5) is 0 Å². The van der Waals surface area contributed by atoms with Gasteiger partial charge in [-0.25, -0.2) is 0 Å². The summed E-state index contributed by atoms with van der Waals surface area (Å²) in [6.45, 7) is 3.99. The largest absolute Gasteiger partial charge is 0.495 e. The number of hydrogen-bond donors (Lipinski definition) is 2. The average Bonchev–Trinajstić information content (AvgIpc) is 2.26. The van der Waals surface area contributed by atoms with Gasteiger partial charge in [0.15, 0.2) is 0 Å². The van der Waals surface area contributed by atoms with Crippen LogP contribution in [0.15, 0.2) is 12.1 Å². The molecule has 1 rings (SSSR count). The van der Waals surface area contributed by atoms with Crippen LogP contribution in [0.5, 0.6) is 5.75 Å². The highest BCUT2D eigenvalue weighted by molar-refractivity contribution is 6.32. The molecule has 0 saturated heterocycles. The van der Waals surface area contributed by atoms with Crippen molar-refractivity contribution < 1.29 is 14.6 Å². The van der Waals surface area contributed by atoms with Crippen LogP contribution in [-0.2, 0) is 4.79 Å². The number of hydrogen-bond acceptors (Lipinski definition) is 3. The van der Waals surface area contributed by atoms with E-state index >= 15 is 0 Å². The smallest absolute Gasteiger partial charge is 0.325 e. The van der Waals surface area contributed by atoms with Gasteiger partial charge >= 0.3 is 5.97 Å². The number of halogens is 1. The lowest BCUT2D eigenvalue weighted by molar-refractivity contribution is -0.138. The number of carboxylic acid groups (broad SMARTS) is 1. The fourth-order valence-corrected chi connectivity index (χ4v) is 1.86. The van der Waals surface area contributed by atoms with Gasteiger partial charge in [0.1, 0.15) is 11.8 Å². The zero-order valence-corrected chi connectivity index (χ0v) is 10.8. The maximum Gasteiger partial charge on any atom is 0.325 e. The molecule has 94 valence electrons. The molecule has 3 N–H and O–H groups in total. The molecule has 0 radical (unpaired) electrons. The van der Waals surface area contributed by atoms with Gasteiger partial charge in [-0.05, 0) is 23.6 Å². The van der Waals surface area contributed by atoms with E-state index in [0.29, 0.717) is 16.3 Å². The van der Waals surface area contributed by atoms with Gasteiger partial charge in [0.2, 0.25) is 0 Å². The second-order valence-electron chi connectivity index (χ2n) is 4.10. The Balaban J connectivity index is 3.38. The van der Waals surface area contributed by atoms with Crippen LogP contribution in [-0.4, -0.2) is 18.2 Å². The summed E-state index contributed by atoms with van der Waals surface area (Å²) < 4.78 is 5.11. The highest BCUT2D eigenvalue weighted by Crippen LogP contribution is 2.35. The minimum atomic E-state index is -1.14. The summed E-state index contributed by atoms with van der Waals surface area (Å²) in [5, 5.41) is 9.33. The van der Waals surface area contributed by atoms with Crippen molar-refractivity contribution in [3.05, 3.63) is 28.3 Å². The molecule has 4 nitrogen and oxygen atoms in total. The summed E-state index contributed by atoms with van der Waals surface area (Å²) in [7, 11) is 1.44. The predicted octanol–water partition coefficient (Wildman–Crippen LogP) is 2.56. The van der Waals surface area contributed by atoms with Gasteiger partial charge in [-0.15, -0.1) is 0 Å². The lowest BCUT2D eigenvalue weighted by atomic mass is 9.97. The van der Waals surface area contributed by atoms with Crippen molar-refractivity contribution in [1.82, 2.24) is 0 Å². The topological polar surface area (TPSA) is 72.5 Å². The third kappa shape index (κ3) is 2.90. The van der Waals surface area contributed by atoms with E-state index in [1.807, 2.05) is 13.8 Å². The Hall–Kier alpha value is -1.26. The highest BCUT2D eigenvalue weighted by atomic mass is 35.5. The van der Waals surface area contributed by atoms with E-state index in [0.717, 1.165) is 5.56 Å². The van der Waals surface area contributed by atoms with Gasteiger partial charge in [0, 0.05) is 5.56 Å². The maximum absolute atomic E-state index is 10.9. The lowest BCUT2D eigenvalue weighted by Gasteiger charge is -2.17. The Labute approximate surface area is 105 Å². The van der Waals surface area contributed by atoms with Crippen molar-refractivity contribution in [2.75, 3.05) is 7.11 Å². The van der Waals surface area contributed by atoms with Gasteiger partial charge in [0.25, 0.3) is 0 Å². The Bertz CT molecular complexity index is 432. The molecule has 0 aromatic heterocycles. The van der Waals surface area contributed by atoms with E-state index in [1.165, 1.54) is 7.11 Å². The number of carboxylic acids is 1. The van der Waals surface area contributed by atoms with Crippen molar-refractivity contribution in [2.45, 2.75) is 25.8 Å². The van der Waals surface area contributed by atoms with E-state index in [4.69, 9.17) is 27.2 Å². The van der Waals surface area contributed by atoms with E-state index < -0.39 is 12.0 Å². The van der Waals surface area contributed by atoms with Crippen molar-refractivity contribution in [3.63, 3.8) is 0 Å². The fraction of sp³-hybridized carbons (Fsp3) is 0.417. The summed E-state index contributed by atoms with van der Waals surface area (Å²) in [4.78, 5) is 10.9. The SMILES string of the molecule is COc1c(Cl)cc(C(C)C)cc1C(N)C(=O)O. The van der Waals surface area contributed by atoms with Crippen LogP contribution in [0.2, 0.25) is 5.02 Å². The standard InChI is InChI=1S/C12H16ClNO3/c1-6(2)7-4-8(10(14)12(15)16)11(17-3)9(13)5-7/h4-6,10H,14H2,1-3H3,(H,15,16). The minimum Gasteiger partial charge on any atom is -0.495 e. The van der Waals surface area contributed by atoms with Crippen LogP contribution in [0.25, 0.3) is 0 Å². The van der Waals surface area contributed by atoms with Crippen LogP contribution in [0.3, 0.4) is 0 Å². The van der Waals surface area contributed by atoms with Crippen LogP contribution in [0.1, 0.15) is 36.9 Å². The monoisotopic (exact) mass is 257 g/mol. The summed E-state index contributed by atoms with van der Waals surface area (Å²) >= 11 is 6.05. The molecule has 0 aliphatic carbocycles.